The van der Waals surface area contributed by atoms with Gasteiger partial charge < -0.3 is 4.40 Å². The maximum absolute atomic E-state index is 4.76. The Kier molecular flexibility index (Phi) is 3.47. The van der Waals surface area contributed by atoms with Gasteiger partial charge in [0, 0.05) is 11.9 Å². The van der Waals surface area contributed by atoms with Gasteiger partial charge in [0.25, 0.3) is 0 Å². The van der Waals surface area contributed by atoms with Crippen molar-refractivity contribution in [1.29, 1.82) is 0 Å². The highest BCUT2D eigenvalue weighted by Crippen LogP contribution is 2.25. The van der Waals surface area contributed by atoms with Gasteiger partial charge >= 0.3 is 0 Å². The van der Waals surface area contributed by atoms with Gasteiger partial charge in [-0.2, -0.15) is 0 Å². The molecule has 0 amide bonds. The molecular formula is C16H24N2. The van der Waals surface area contributed by atoms with Crippen LogP contribution >= 0.6 is 0 Å². The van der Waals surface area contributed by atoms with Crippen molar-refractivity contribution in [2.24, 2.45) is 0 Å². The average molecular weight is 244 g/mol. The Bertz CT molecular complexity index is 547. The second-order valence-corrected chi connectivity index (χ2v) is 6.07. The summed E-state index contributed by atoms with van der Waals surface area (Å²) < 4.78 is 2.26. The smallest absolute Gasteiger partial charge is 0.137 e. The van der Waals surface area contributed by atoms with Gasteiger partial charge in [-0.05, 0) is 35.4 Å². The molecule has 0 aromatic carbocycles. The van der Waals surface area contributed by atoms with E-state index >= 15 is 0 Å². The SMILES string of the molecule is CC(C)c1cc(C(C)C)n2cc(C(C)C)nc2c1. The van der Waals surface area contributed by atoms with Crippen LogP contribution < -0.4 is 0 Å². The maximum Gasteiger partial charge on any atom is 0.137 e. The third-order valence-electron chi connectivity index (χ3n) is 3.49. The number of fused-ring (bicyclic) bond motifs is 1. The van der Waals surface area contributed by atoms with Crippen molar-refractivity contribution in [1.82, 2.24) is 9.38 Å². The third kappa shape index (κ3) is 2.29. The van der Waals surface area contributed by atoms with Gasteiger partial charge in [-0.15, -0.1) is 0 Å². The first-order valence-electron chi connectivity index (χ1n) is 6.93. The fraction of sp³-hybridized carbons (Fsp3) is 0.562. The molecule has 2 aromatic heterocycles. The Hall–Kier alpha value is -1.31. The second-order valence-electron chi connectivity index (χ2n) is 6.07. The molecule has 0 atom stereocenters. The van der Waals surface area contributed by atoms with Gasteiger partial charge in [0.2, 0.25) is 0 Å². The standard InChI is InChI=1S/C16H24N2/c1-10(2)13-7-15(12(5)6)18-9-14(11(3)4)17-16(18)8-13/h7-12H,1-6H3. The number of nitrogens with zero attached hydrogens (tertiary/aromatic N) is 2. The number of imidazole rings is 1. The number of pyridine rings is 1. The molecule has 0 bridgehead atoms. The molecule has 0 saturated carbocycles. The van der Waals surface area contributed by atoms with Gasteiger partial charge in [0.1, 0.15) is 5.65 Å². The molecular weight excluding hydrogens is 220 g/mol. The molecule has 0 radical (unpaired) electrons. The Balaban J connectivity index is 2.69. The van der Waals surface area contributed by atoms with Crippen LogP contribution in [-0.4, -0.2) is 9.38 Å². The van der Waals surface area contributed by atoms with E-state index in [4.69, 9.17) is 4.98 Å². The topological polar surface area (TPSA) is 17.3 Å². The summed E-state index contributed by atoms with van der Waals surface area (Å²) in [5.74, 6) is 1.54. The van der Waals surface area contributed by atoms with Crippen molar-refractivity contribution in [2.45, 2.75) is 59.3 Å². The number of aromatic nitrogens is 2. The van der Waals surface area contributed by atoms with Crippen molar-refractivity contribution in [3.63, 3.8) is 0 Å². The van der Waals surface area contributed by atoms with Crippen molar-refractivity contribution in [3.8, 4) is 0 Å². The van der Waals surface area contributed by atoms with E-state index in [1.807, 2.05) is 0 Å². The zero-order valence-electron chi connectivity index (χ0n) is 12.4. The zero-order valence-corrected chi connectivity index (χ0v) is 12.4. The minimum absolute atomic E-state index is 0.479. The van der Waals surface area contributed by atoms with E-state index in [0.29, 0.717) is 17.8 Å². The highest BCUT2D eigenvalue weighted by Gasteiger charge is 2.13. The highest BCUT2D eigenvalue weighted by atomic mass is 15.0. The van der Waals surface area contributed by atoms with E-state index in [0.717, 1.165) is 5.65 Å². The summed E-state index contributed by atoms with van der Waals surface area (Å²) in [7, 11) is 0. The van der Waals surface area contributed by atoms with Gasteiger partial charge in [-0.1, -0.05) is 41.5 Å². The fourth-order valence-corrected chi connectivity index (χ4v) is 2.21. The van der Waals surface area contributed by atoms with Gasteiger partial charge in [0.15, 0.2) is 0 Å². The Morgan fingerprint density at radius 3 is 2.06 bits per heavy atom. The molecule has 2 heteroatoms. The van der Waals surface area contributed by atoms with Crippen LogP contribution in [0.2, 0.25) is 0 Å². The van der Waals surface area contributed by atoms with Gasteiger partial charge in [-0.3, -0.25) is 0 Å². The van der Waals surface area contributed by atoms with Gasteiger partial charge in [-0.25, -0.2) is 4.98 Å². The predicted molar refractivity (Wildman–Crippen MR) is 77.5 cm³/mol. The first-order chi connectivity index (χ1) is 8.40. The molecule has 0 aliphatic heterocycles. The van der Waals surface area contributed by atoms with E-state index < -0.39 is 0 Å². The van der Waals surface area contributed by atoms with Gasteiger partial charge in [0.05, 0.1) is 5.69 Å². The van der Waals surface area contributed by atoms with Crippen LogP contribution in [0.15, 0.2) is 18.3 Å². The van der Waals surface area contributed by atoms with Crippen molar-refractivity contribution in [2.75, 3.05) is 0 Å². The molecule has 2 aromatic rings. The van der Waals surface area contributed by atoms with E-state index in [9.17, 15) is 0 Å². The van der Waals surface area contributed by atoms with Crippen LogP contribution in [0.25, 0.3) is 5.65 Å². The minimum atomic E-state index is 0.479. The summed E-state index contributed by atoms with van der Waals surface area (Å²) in [6.07, 6.45) is 2.19. The second kappa shape index (κ2) is 4.75. The molecule has 2 nitrogen and oxygen atoms in total. The summed E-state index contributed by atoms with van der Waals surface area (Å²) in [6, 6.07) is 4.55. The molecule has 0 aliphatic carbocycles. The molecule has 0 aliphatic rings. The van der Waals surface area contributed by atoms with Crippen molar-refractivity contribution < 1.29 is 0 Å². The molecule has 0 fully saturated rings. The quantitative estimate of drug-likeness (QED) is 0.764. The summed E-state index contributed by atoms with van der Waals surface area (Å²) >= 11 is 0. The summed E-state index contributed by atoms with van der Waals surface area (Å²) in [5.41, 5.74) is 5.01. The van der Waals surface area contributed by atoms with Crippen LogP contribution in [0, 0.1) is 0 Å². The molecule has 0 spiro atoms. The lowest BCUT2D eigenvalue weighted by Crippen LogP contribution is -2.01. The summed E-state index contributed by atoms with van der Waals surface area (Å²) in [4.78, 5) is 4.76. The highest BCUT2D eigenvalue weighted by molar-refractivity contribution is 5.47. The van der Waals surface area contributed by atoms with Crippen LogP contribution in [0.1, 0.15) is 76.2 Å². The molecule has 0 saturated heterocycles. The average Bonchev–Trinajstić information content (AvgIpc) is 2.70. The molecule has 2 heterocycles. The lowest BCUT2D eigenvalue weighted by Gasteiger charge is -2.13. The Labute approximate surface area is 110 Å². The van der Waals surface area contributed by atoms with Crippen LogP contribution in [0.4, 0.5) is 0 Å². The van der Waals surface area contributed by atoms with Crippen LogP contribution in [0.5, 0.6) is 0 Å². The van der Waals surface area contributed by atoms with E-state index in [1.165, 1.54) is 17.0 Å². The zero-order chi connectivity index (χ0) is 13.4. The molecule has 98 valence electrons. The normalized spacial score (nSPS) is 12.3. The maximum atomic E-state index is 4.76. The third-order valence-corrected chi connectivity index (χ3v) is 3.49. The van der Waals surface area contributed by atoms with Crippen molar-refractivity contribution in [3.05, 3.63) is 35.3 Å². The number of hydrogen-bond acceptors (Lipinski definition) is 1. The first-order valence-corrected chi connectivity index (χ1v) is 6.93. The van der Waals surface area contributed by atoms with Crippen LogP contribution in [-0.2, 0) is 0 Å². The summed E-state index contributed by atoms with van der Waals surface area (Å²) in [5, 5.41) is 0. The van der Waals surface area contributed by atoms with E-state index in [-0.39, 0.29) is 0 Å². The van der Waals surface area contributed by atoms with E-state index in [2.05, 4.69) is 64.3 Å². The molecule has 18 heavy (non-hydrogen) atoms. The minimum Gasteiger partial charge on any atom is -0.304 e. The predicted octanol–water partition coefficient (Wildman–Crippen LogP) is 4.70. The number of hydrogen-bond donors (Lipinski definition) is 0. The van der Waals surface area contributed by atoms with E-state index in [1.54, 1.807) is 0 Å². The fourth-order valence-electron chi connectivity index (χ4n) is 2.21. The molecule has 2 rings (SSSR count). The summed E-state index contributed by atoms with van der Waals surface area (Å²) in [6.45, 7) is 13.4. The first kappa shape index (κ1) is 13.1. The molecule has 0 unspecified atom stereocenters. The molecule has 0 N–H and O–H groups in total. The lowest BCUT2D eigenvalue weighted by atomic mass is 10.00. The van der Waals surface area contributed by atoms with Crippen LogP contribution in [0.3, 0.4) is 0 Å². The number of rotatable bonds is 3. The Morgan fingerprint density at radius 1 is 0.889 bits per heavy atom. The Morgan fingerprint density at radius 2 is 1.56 bits per heavy atom. The largest absolute Gasteiger partial charge is 0.304 e. The monoisotopic (exact) mass is 244 g/mol. The lowest BCUT2D eigenvalue weighted by molar-refractivity contribution is 0.781. The van der Waals surface area contributed by atoms with Crippen molar-refractivity contribution >= 4 is 5.65 Å².